The van der Waals surface area contributed by atoms with Crippen LogP contribution in [0.1, 0.15) is 16.7 Å². The van der Waals surface area contributed by atoms with Crippen LogP contribution >= 0.6 is 22.6 Å². The summed E-state index contributed by atoms with van der Waals surface area (Å²) in [7, 11) is 1.39. The first kappa shape index (κ1) is 27.5. The van der Waals surface area contributed by atoms with Crippen molar-refractivity contribution < 1.29 is 32.4 Å². The lowest BCUT2D eigenvalue weighted by molar-refractivity contribution is -0.384. The van der Waals surface area contributed by atoms with Gasteiger partial charge >= 0.3 is 6.18 Å². The number of ether oxygens (including phenoxy) is 2. The number of rotatable bonds is 8. The number of nitro groups is 1. The maximum absolute atomic E-state index is 12.9. The predicted molar refractivity (Wildman–Crippen MR) is 137 cm³/mol. The Labute approximate surface area is 222 Å². The van der Waals surface area contributed by atoms with Gasteiger partial charge in [-0.3, -0.25) is 14.9 Å². The topological polar surface area (TPSA) is 114 Å². The van der Waals surface area contributed by atoms with Gasteiger partial charge < -0.3 is 14.8 Å². The molecule has 0 aromatic heterocycles. The zero-order valence-corrected chi connectivity index (χ0v) is 21.2. The smallest absolute Gasteiger partial charge is 0.416 e. The molecule has 8 nitrogen and oxygen atoms in total. The molecule has 0 unspecified atom stereocenters. The largest absolute Gasteiger partial charge is 0.493 e. The highest BCUT2D eigenvalue weighted by Gasteiger charge is 2.30. The number of hydrogen-bond donors (Lipinski definition) is 1. The van der Waals surface area contributed by atoms with Crippen molar-refractivity contribution in [1.82, 2.24) is 0 Å². The summed E-state index contributed by atoms with van der Waals surface area (Å²) in [5.41, 5.74) is -0.504. The number of nitrogens with zero attached hydrogens (tertiary/aromatic N) is 2. The van der Waals surface area contributed by atoms with Crippen LogP contribution in [0.2, 0.25) is 0 Å². The highest BCUT2D eigenvalue weighted by molar-refractivity contribution is 14.1. The predicted octanol–water partition coefficient (Wildman–Crippen LogP) is 6.35. The average Bonchev–Trinajstić information content (AvgIpc) is 2.86. The third kappa shape index (κ3) is 7.20. The fourth-order valence-corrected chi connectivity index (χ4v) is 3.95. The minimum atomic E-state index is -4.58. The van der Waals surface area contributed by atoms with Crippen molar-refractivity contribution >= 4 is 45.9 Å². The number of nitriles is 1. The van der Waals surface area contributed by atoms with Gasteiger partial charge in [0, 0.05) is 17.8 Å². The molecule has 0 aliphatic heterocycles. The monoisotopic (exact) mass is 623 g/mol. The molecule has 0 radical (unpaired) electrons. The number of benzene rings is 3. The lowest BCUT2D eigenvalue weighted by Crippen LogP contribution is -2.14. The summed E-state index contributed by atoms with van der Waals surface area (Å²) in [5, 5.41) is 22.8. The number of carbonyl (C=O) groups excluding carboxylic acids is 1. The van der Waals surface area contributed by atoms with Crippen molar-refractivity contribution in [2.75, 3.05) is 12.4 Å². The van der Waals surface area contributed by atoms with Crippen molar-refractivity contribution in [1.29, 1.82) is 5.26 Å². The van der Waals surface area contributed by atoms with Crippen LogP contribution in [0.5, 0.6) is 11.5 Å². The van der Waals surface area contributed by atoms with Gasteiger partial charge in [-0.25, -0.2) is 0 Å². The van der Waals surface area contributed by atoms with E-state index >= 15 is 0 Å². The molecule has 1 N–H and O–H groups in total. The molecule has 0 fully saturated rings. The first-order valence-corrected chi connectivity index (χ1v) is 11.4. The minimum Gasteiger partial charge on any atom is -0.493 e. The number of methoxy groups -OCH3 is 1. The van der Waals surface area contributed by atoms with E-state index in [0.29, 0.717) is 20.4 Å². The summed E-state index contributed by atoms with van der Waals surface area (Å²) in [4.78, 5) is 23.0. The fraction of sp³-hybridized carbons (Fsp3) is 0.120. The van der Waals surface area contributed by atoms with Gasteiger partial charge in [0.15, 0.2) is 11.5 Å². The molecule has 3 aromatic rings. The highest BCUT2D eigenvalue weighted by Crippen LogP contribution is 2.35. The Morgan fingerprint density at radius 2 is 1.92 bits per heavy atom. The van der Waals surface area contributed by atoms with E-state index in [9.17, 15) is 33.3 Å². The van der Waals surface area contributed by atoms with Gasteiger partial charge in [0.1, 0.15) is 18.2 Å². The molecule has 1 amide bonds. The molecule has 3 rings (SSSR count). The molecule has 12 heteroatoms. The molecule has 0 atom stereocenters. The van der Waals surface area contributed by atoms with Crippen LogP contribution in [0, 0.1) is 25.0 Å². The van der Waals surface area contributed by atoms with Crippen LogP contribution in [-0.4, -0.2) is 17.9 Å². The van der Waals surface area contributed by atoms with Crippen LogP contribution in [0.3, 0.4) is 0 Å². The lowest BCUT2D eigenvalue weighted by Gasteiger charge is -2.14. The Morgan fingerprint density at radius 3 is 2.57 bits per heavy atom. The number of carbonyl (C=O) groups is 1. The Hall–Kier alpha value is -4.12. The Kier molecular flexibility index (Phi) is 8.72. The van der Waals surface area contributed by atoms with E-state index in [1.807, 2.05) is 22.6 Å². The summed E-state index contributed by atoms with van der Waals surface area (Å²) >= 11 is 1.97. The number of alkyl halides is 3. The van der Waals surface area contributed by atoms with Gasteiger partial charge in [0.05, 0.1) is 21.2 Å². The van der Waals surface area contributed by atoms with Gasteiger partial charge in [-0.15, -0.1) is 0 Å². The number of nitrogens with one attached hydrogen (secondary N) is 1. The third-order valence-electron chi connectivity index (χ3n) is 4.88. The lowest BCUT2D eigenvalue weighted by atomic mass is 10.1. The maximum atomic E-state index is 12.9. The van der Waals surface area contributed by atoms with Gasteiger partial charge in [-0.05, 0) is 70.1 Å². The van der Waals surface area contributed by atoms with Crippen LogP contribution < -0.4 is 14.8 Å². The van der Waals surface area contributed by atoms with E-state index in [-0.39, 0.29) is 29.3 Å². The first-order valence-electron chi connectivity index (χ1n) is 10.4. The minimum absolute atomic E-state index is 0.0199. The van der Waals surface area contributed by atoms with Crippen molar-refractivity contribution in [3.05, 3.63) is 96.6 Å². The van der Waals surface area contributed by atoms with Gasteiger partial charge in [-0.1, -0.05) is 18.2 Å². The van der Waals surface area contributed by atoms with Gasteiger partial charge in [0.2, 0.25) is 0 Å². The van der Waals surface area contributed by atoms with Crippen molar-refractivity contribution in [2.45, 2.75) is 12.8 Å². The zero-order chi connectivity index (χ0) is 27.2. The molecular weight excluding hydrogens is 606 g/mol. The molecule has 0 saturated carbocycles. The standard InChI is InChI=1S/C25H17F3IN3O5/c1-36-22-11-16(10-21(29)23(22)37-14-15-4-2-7-20(9-15)32(34)35)8-17(13-30)24(33)31-19-6-3-5-18(12-19)25(26,27)28/h2-12H,14H2,1H3,(H,31,33)/b17-8+. The van der Waals surface area contributed by atoms with Crippen LogP contribution in [-0.2, 0) is 17.6 Å². The number of hydrogen-bond acceptors (Lipinski definition) is 6. The van der Waals surface area contributed by atoms with Crippen LogP contribution in [0.4, 0.5) is 24.5 Å². The number of halogens is 4. The van der Waals surface area contributed by atoms with E-state index < -0.39 is 22.6 Å². The van der Waals surface area contributed by atoms with E-state index in [1.54, 1.807) is 24.3 Å². The molecule has 0 spiro atoms. The molecule has 0 aliphatic carbocycles. The molecule has 3 aromatic carbocycles. The SMILES string of the molecule is COc1cc(/C=C(\C#N)C(=O)Nc2cccc(C(F)(F)F)c2)cc(I)c1OCc1cccc([N+](=O)[O-])c1. The number of non-ortho nitro benzene ring substituents is 1. The number of anilines is 1. The van der Waals surface area contributed by atoms with Crippen molar-refractivity contribution in [3.8, 4) is 17.6 Å². The second-order valence-corrected chi connectivity index (χ2v) is 8.61. The Balaban J connectivity index is 1.82. The van der Waals surface area contributed by atoms with E-state index in [1.165, 1.54) is 37.5 Å². The summed E-state index contributed by atoms with van der Waals surface area (Å²) < 4.78 is 50.6. The van der Waals surface area contributed by atoms with Gasteiger partial charge in [-0.2, -0.15) is 18.4 Å². The van der Waals surface area contributed by atoms with Crippen LogP contribution in [0.15, 0.2) is 66.2 Å². The molecule has 0 aliphatic rings. The summed E-state index contributed by atoms with van der Waals surface area (Å²) in [5.74, 6) is -0.264. The third-order valence-corrected chi connectivity index (χ3v) is 5.68. The van der Waals surface area contributed by atoms with Gasteiger partial charge in [0.25, 0.3) is 11.6 Å². The van der Waals surface area contributed by atoms with Crippen molar-refractivity contribution in [3.63, 3.8) is 0 Å². The highest BCUT2D eigenvalue weighted by atomic mass is 127. The summed E-state index contributed by atoms with van der Waals surface area (Å²) in [6.07, 6.45) is -3.32. The zero-order valence-electron chi connectivity index (χ0n) is 19.0. The van der Waals surface area contributed by atoms with E-state index in [0.717, 1.165) is 18.2 Å². The Morgan fingerprint density at radius 1 is 1.19 bits per heavy atom. The quantitative estimate of drug-likeness (QED) is 0.103. The van der Waals surface area contributed by atoms with E-state index in [2.05, 4.69) is 5.32 Å². The van der Waals surface area contributed by atoms with Crippen molar-refractivity contribution in [2.24, 2.45) is 0 Å². The summed E-state index contributed by atoms with van der Waals surface area (Å²) in [6, 6.07) is 14.9. The average molecular weight is 623 g/mol. The normalized spacial score (nSPS) is 11.4. The molecule has 190 valence electrons. The molecular formula is C25H17F3IN3O5. The molecule has 0 bridgehead atoms. The second-order valence-electron chi connectivity index (χ2n) is 7.45. The summed E-state index contributed by atoms with van der Waals surface area (Å²) in [6.45, 7) is 0.0199. The number of amides is 1. The number of nitro benzene ring substituents is 1. The second kappa shape index (κ2) is 11.7. The van der Waals surface area contributed by atoms with E-state index in [4.69, 9.17) is 9.47 Å². The molecule has 0 saturated heterocycles. The first-order chi connectivity index (χ1) is 17.5. The molecule has 0 heterocycles. The fourth-order valence-electron chi connectivity index (χ4n) is 3.17. The van der Waals surface area contributed by atoms with Crippen LogP contribution in [0.25, 0.3) is 6.08 Å². The molecule has 37 heavy (non-hydrogen) atoms. The maximum Gasteiger partial charge on any atom is 0.416 e. The Bertz CT molecular complexity index is 1420.